The molecule has 0 aliphatic carbocycles. The van der Waals surface area contributed by atoms with Gasteiger partial charge in [-0.15, -0.1) is 0 Å². The smallest absolute Gasteiger partial charge is 0.242 e. The molecule has 0 fully saturated rings. The topological polar surface area (TPSA) is 75.3 Å². The molecule has 8 heteroatoms. The fraction of sp³-hybridized carbons (Fsp3) is 0.235. The zero-order valence-corrected chi connectivity index (χ0v) is 14.5. The molecule has 0 bridgehead atoms. The lowest BCUT2D eigenvalue weighted by atomic mass is 10.2. The van der Waals surface area contributed by atoms with Crippen molar-refractivity contribution in [2.24, 2.45) is 0 Å². The molecule has 5 nitrogen and oxygen atoms in total. The van der Waals surface area contributed by atoms with Gasteiger partial charge in [0.2, 0.25) is 15.9 Å². The monoisotopic (exact) mass is 368 g/mol. The number of sulfonamides is 1. The first-order valence-electron chi connectivity index (χ1n) is 7.58. The first-order valence-corrected chi connectivity index (χ1v) is 9.06. The van der Waals surface area contributed by atoms with E-state index in [9.17, 15) is 22.0 Å². The summed E-state index contributed by atoms with van der Waals surface area (Å²) in [5, 5.41) is 2.37. The van der Waals surface area contributed by atoms with Crippen LogP contribution in [0.15, 0.2) is 47.4 Å². The van der Waals surface area contributed by atoms with E-state index in [4.69, 9.17) is 0 Å². The maximum Gasteiger partial charge on any atom is 0.242 e. The third kappa shape index (κ3) is 4.83. The van der Waals surface area contributed by atoms with Crippen molar-refractivity contribution in [1.29, 1.82) is 0 Å². The van der Waals surface area contributed by atoms with E-state index in [-0.39, 0.29) is 17.0 Å². The highest BCUT2D eigenvalue weighted by Gasteiger charge is 2.25. The van der Waals surface area contributed by atoms with Crippen LogP contribution in [0.5, 0.6) is 0 Å². The minimum absolute atomic E-state index is 0.0324. The van der Waals surface area contributed by atoms with Crippen molar-refractivity contribution in [3.05, 3.63) is 59.7 Å². The van der Waals surface area contributed by atoms with Crippen molar-refractivity contribution < 1.29 is 22.0 Å². The third-order valence-corrected chi connectivity index (χ3v) is 5.02. The van der Waals surface area contributed by atoms with Crippen molar-refractivity contribution in [3.8, 4) is 0 Å². The molecule has 2 N–H and O–H groups in total. The lowest BCUT2D eigenvalue weighted by molar-refractivity contribution is -0.117. The molecule has 2 aromatic carbocycles. The van der Waals surface area contributed by atoms with Crippen LogP contribution in [-0.4, -0.2) is 20.4 Å². The second-order valence-corrected chi connectivity index (χ2v) is 7.22. The molecule has 2 rings (SSSR count). The summed E-state index contributed by atoms with van der Waals surface area (Å²) in [5.41, 5.74) is 0.662. The second kappa shape index (κ2) is 7.71. The van der Waals surface area contributed by atoms with Crippen molar-refractivity contribution in [2.75, 3.05) is 5.32 Å². The zero-order chi connectivity index (χ0) is 18.6. The Morgan fingerprint density at radius 1 is 1.12 bits per heavy atom. The maximum absolute atomic E-state index is 13.8. The molecule has 0 saturated heterocycles. The van der Waals surface area contributed by atoms with Gasteiger partial charge in [-0.3, -0.25) is 4.79 Å². The predicted molar refractivity (Wildman–Crippen MR) is 90.6 cm³/mol. The van der Waals surface area contributed by atoms with E-state index >= 15 is 0 Å². The molecule has 1 unspecified atom stereocenters. The quantitative estimate of drug-likeness (QED) is 0.823. The molecule has 0 heterocycles. The largest absolute Gasteiger partial charge is 0.322 e. The second-order valence-electron chi connectivity index (χ2n) is 5.51. The molecule has 1 amide bonds. The normalized spacial score (nSPS) is 12.6. The van der Waals surface area contributed by atoms with Crippen LogP contribution >= 0.6 is 0 Å². The SMILES string of the molecule is CCC(NS(=O)(=O)c1ccc(F)cc1)C(=O)Nc1ccc(C)cc1F. The molecule has 0 aromatic heterocycles. The number of amides is 1. The standard InChI is InChI=1S/C17H18F2N2O3S/c1-3-15(17(22)20-16-9-4-11(2)10-14(16)19)21-25(23,24)13-7-5-12(18)6-8-13/h4-10,15,21H,3H2,1-2H3,(H,20,22). The van der Waals surface area contributed by atoms with Crippen LogP contribution in [0.4, 0.5) is 14.5 Å². The average molecular weight is 368 g/mol. The summed E-state index contributed by atoms with van der Waals surface area (Å²) in [5.74, 6) is -1.86. The summed E-state index contributed by atoms with van der Waals surface area (Å²) < 4.78 is 53.6. The Morgan fingerprint density at radius 2 is 1.76 bits per heavy atom. The molecular weight excluding hydrogens is 350 g/mol. The maximum atomic E-state index is 13.8. The number of hydrogen-bond acceptors (Lipinski definition) is 3. The first kappa shape index (κ1) is 19.0. The van der Waals surface area contributed by atoms with Gasteiger partial charge in [-0.25, -0.2) is 17.2 Å². The van der Waals surface area contributed by atoms with Crippen LogP contribution in [-0.2, 0) is 14.8 Å². The Hall–Kier alpha value is -2.32. The van der Waals surface area contributed by atoms with Gasteiger partial charge in [-0.1, -0.05) is 13.0 Å². The minimum Gasteiger partial charge on any atom is -0.322 e. The van der Waals surface area contributed by atoms with Gasteiger partial charge in [0.1, 0.15) is 17.7 Å². The van der Waals surface area contributed by atoms with Crippen LogP contribution in [0.25, 0.3) is 0 Å². The molecule has 0 aliphatic heterocycles. The van der Waals surface area contributed by atoms with E-state index < -0.39 is 33.6 Å². The Balaban J connectivity index is 2.15. The van der Waals surface area contributed by atoms with E-state index in [0.29, 0.717) is 5.56 Å². The fourth-order valence-electron chi connectivity index (χ4n) is 2.13. The third-order valence-electron chi connectivity index (χ3n) is 3.53. The molecular formula is C17H18F2N2O3S. The highest BCUT2D eigenvalue weighted by molar-refractivity contribution is 7.89. The fourth-order valence-corrected chi connectivity index (χ4v) is 3.41. The zero-order valence-electron chi connectivity index (χ0n) is 13.7. The molecule has 2 aromatic rings. The minimum atomic E-state index is -4.01. The molecule has 25 heavy (non-hydrogen) atoms. The summed E-state index contributed by atoms with van der Waals surface area (Å²) in [7, 11) is -4.01. The summed E-state index contributed by atoms with van der Waals surface area (Å²) in [6, 6.07) is 7.42. The summed E-state index contributed by atoms with van der Waals surface area (Å²) >= 11 is 0. The Bertz CT molecular complexity index is 868. The highest BCUT2D eigenvalue weighted by atomic mass is 32.2. The van der Waals surface area contributed by atoms with Gasteiger partial charge >= 0.3 is 0 Å². The first-order chi connectivity index (χ1) is 11.7. The number of benzene rings is 2. The van der Waals surface area contributed by atoms with Crippen molar-refractivity contribution in [2.45, 2.75) is 31.2 Å². The van der Waals surface area contributed by atoms with E-state index in [0.717, 1.165) is 24.3 Å². The Morgan fingerprint density at radius 3 is 2.32 bits per heavy atom. The highest BCUT2D eigenvalue weighted by Crippen LogP contribution is 2.16. The Kier molecular flexibility index (Phi) is 5.86. The van der Waals surface area contributed by atoms with Crippen LogP contribution in [0, 0.1) is 18.6 Å². The van der Waals surface area contributed by atoms with Crippen LogP contribution in [0.3, 0.4) is 0 Å². The number of carbonyl (C=O) groups excluding carboxylic acids is 1. The van der Waals surface area contributed by atoms with Crippen LogP contribution in [0.1, 0.15) is 18.9 Å². The van der Waals surface area contributed by atoms with Crippen molar-refractivity contribution in [1.82, 2.24) is 4.72 Å². The van der Waals surface area contributed by atoms with E-state index in [1.165, 1.54) is 12.1 Å². The lowest BCUT2D eigenvalue weighted by Crippen LogP contribution is -2.43. The molecule has 0 aliphatic rings. The van der Waals surface area contributed by atoms with E-state index in [1.54, 1.807) is 19.9 Å². The van der Waals surface area contributed by atoms with E-state index in [2.05, 4.69) is 10.0 Å². The number of halogens is 2. The summed E-state index contributed by atoms with van der Waals surface area (Å²) in [4.78, 5) is 12.1. The van der Waals surface area contributed by atoms with E-state index in [1.807, 2.05) is 0 Å². The van der Waals surface area contributed by atoms with Crippen molar-refractivity contribution >= 4 is 21.6 Å². The molecule has 134 valence electrons. The van der Waals surface area contributed by atoms with Gasteiger partial charge in [0, 0.05) is 0 Å². The lowest BCUT2D eigenvalue weighted by Gasteiger charge is -2.17. The predicted octanol–water partition coefficient (Wildman–Crippen LogP) is 2.97. The number of rotatable bonds is 6. The average Bonchev–Trinajstić information content (AvgIpc) is 2.55. The number of carbonyl (C=O) groups is 1. The number of hydrogen-bond donors (Lipinski definition) is 2. The number of nitrogens with one attached hydrogen (secondary N) is 2. The van der Waals surface area contributed by atoms with Crippen LogP contribution in [0.2, 0.25) is 0 Å². The van der Waals surface area contributed by atoms with Crippen molar-refractivity contribution in [3.63, 3.8) is 0 Å². The number of aryl methyl sites for hydroxylation is 1. The summed E-state index contributed by atoms with van der Waals surface area (Å²) in [6.07, 6.45) is 0.153. The van der Waals surface area contributed by atoms with Gasteiger partial charge in [0.25, 0.3) is 0 Å². The summed E-state index contributed by atoms with van der Waals surface area (Å²) in [6.45, 7) is 3.32. The molecule has 0 spiro atoms. The molecule has 0 radical (unpaired) electrons. The van der Waals surface area contributed by atoms with Gasteiger partial charge in [-0.2, -0.15) is 4.72 Å². The molecule has 1 atom stereocenters. The van der Waals surface area contributed by atoms with Crippen LogP contribution < -0.4 is 10.0 Å². The van der Waals surface area contributed by atoms with Gasteiger partial charge in [-0.05, 0) is 55.3 Å². The van der Waals surface area contributed by atoms with Gasteiger partial charge in [0.15, 0.2) is 0 Å². The van der Waals surface area contributed by atoms with Gasteiger partial charge in [0.05, 0.1) is 10.6 Å². The number of anilines is 1. The Labute approximate surface area is 145 Å². The van der Waals surface area contributed by atoms with Gasteiger partial charge < -0.3 is 5.32 Å². The molecule has 0 saturated carbocycles.